The highest BCUT2D eigenvalue weighted by molar-refractivity contribution is 6.06. The molecule has 0 aliphatic heterocycles. The van der Waals surface area contributed by atoms with Crippen molar-refractivity contribution in [3.63, 3.8) is 0 Å². The van der Waals surface area contributed by atoms with Gasteiger partial charge in [-0.15, -0.1) is 4.73 Å². The zero-order chi connectivity index (χ0) is 13.6. The highest BCUT2D eigenvalue weighted by Crippen LogP contribution is 2.26. The Labute approximate surface area is 108 Å². The van der Waals surface area contributed by atoms with Crippen molar-refractivity contribution in [2.24, 2.45) is 0 Å². The fraction of sp³-hybridized carbons (Fsp3) is 0.143. The molecule has 2 heterocycles. The van der Waals surface area contributed by atoms with Crippen LogP contribution in [0.4, 0.5) is 0 Å². The fourth-order valence-electron chi connectivity index (χ4n) is 2.33. The number of ether oxygens (including phenoxy) is 1. The molecule has 0 atom stereocenters. The number of hydrogen-bond donors (Lipinski definition) is 1. The van der Waals surface area contributed by atoms with Crippen molar-refractivity contribution in [3.8, 4) is 5.88 Å². The second kappa shape index (κ2) is 3.98. The highest BCUT2D eigenvalue weighted by Gasteiger charge is 2.13. The van der Waals surface area contributed by atoms with Gasteiger partial charge in [0.15, 0.2) is 0 Å². The molecule has 0 radical (unpaired) electrons. The molecular formula is C14H12N2O3. The molecule has 0 amide bonds. The maximum Gasteiger partial charge on any atom is 0.291 e. The summed E-state index contributed by atoms with van der Waals surface area (Å²) in [6.45, 7) is 1.73. The van der Waals surface area contributed by atoms with Gasteiger partial charge in [0.25, 0.3) is 5.56 Å². The van der Waals surface area contributed by atoms with Crippen LogP contribution in [0.25, 0.3) is 21.7 Å². The Morgan fingerprint density at radius 1 is 1.21 bits per heavy atom. The van der Waals surface area contributed by atoms with Crippen LogP contribution >= 0.6 is 0 Å². The van der Waals surface area contributed by atoms with Gasteiger partial charge in [-0.3, -0.25) is 4.79 Å². The number of aromatic nitrogens is 2. The molecule has 0 spiro atoms. The third-order valence-corrected chi connectivity index (χ3v) is 3.20. The van der Waals surface area contributed by atoms with Crippen LogP contribution in [-0.4, -0.2) is 22.0 Å². The average molecular weight is 256 g/mol. The van der Waals surface area contributed by atoms with Crippen LogP contribution in [0.3, 0.4) is 0 Å². The quantitative estimate of drug-likeness (QED) is 0.535. The van der Waals surface area contributed by atoms with Gasteiger partial charge >= 0.3 is 0 Å². The zero-order valence-corrected chi connectivity index (χ0v) is 10.5. The van der Waals surface area contributed by atoms with Crippen LogP contribution < -0.4 is 10.3 Å². The van der Waals surface area contributed by atoms with Gasteiger partial charge in [0.05, 0.1) is 18.2 Å². The van der Waals surface area contributed by atoms with E-state index in [9.17, 15) is 10.0 Å². The van der Waals surface area contributed by atoms with Crippen molar-refractivity contribution in [1.82, 2.24) is 9.71 Å². The number of hydrogen-bond acceptors (Lipinski definition) is 4. The SMILES string of the molecule is COc1cc2c3ccccc3c(=O)n(O)c2c(C)n1. The maximum atomic E-state index is 12.1. The van der Waals surface area contributed by atoms with Gasteiger partial charge in [-0.25, -0.2) is 4.98 Å². The first-order chi connectivity index (χ1) is 9.13. The van der Waals surface area contributed by atoms with E-state index in [0.29, 0.717) is 27.2 Å². The van der Waals surface area contributed by atoms with Gasteiger partial charge in [-0.2, -0.15) is 0 Å². The lowest BCUT2D eigenvalue weighted by molar-refractivity contribution is 0.189. The lowest BCUT2D eigenvalue weighted by Crippen LogP contribution is -2.19. The number of nitrogens with zero attached hydrogens (tertiary/aromatic N) is 2. The van der Waals surface area contributed by atoms with Crippen LogP contribution in [0.1, 0.15) is 5.69 Å². The molecule has 0 fully saturated rings. The summed E-state index contributed by atoms with van der Waals surface area (Å²) >= 11 is 0. The van der Waals surface area contributed by atoms with Crippen LogP contribution in [0, 0.1) is 6.92 Å². The monoisotopic (exact) mass is 256 g/mol. The molecule has 0 unspecified atom stereocenters. The van der Waals surface area contributed by atoms with E-state index >= 15 is 0 Å². The van der Waals surface area contributed by atoms with Crippen molar-refractivity contribution in [1.29, 1.82) is 0 Å². The molecule has 0 aliphatic rings. The second-order valence-corrected chi connectivity index (χ2v) is 4.31. The normalized spacial score (nSPS) is 11.1. The minimum Gasteiger partial charge on any atom is -0.481 e. The Kier molecular flexibility index (Phi) is 2.41. The average Bonchev–Trinajstić information content (AvgIpc) is 2.44. The maximum absolute atomic E-state index is 12.1. The molecule has 0 saturated heterocycles. The molecule has 96 valence electrons. The summed E-state index contributed by atoms with van der Waals surface area (Å²) in [4.78, 5) is 16.3. The summed E-state index contributed by atoms with van der Waals surface area (Å²) < 4.78 is 5.79. The van der Waals surface area contributed by atoms with E-state index in [-0.39, 0.29) is 0 Å². The second-order valence-electron chi connectivity index (χ2n) is 4.31. The van der Waals surface area contributed by atoms with E-state index in [0.717, 1.165) is 10.8 Å². The lowest BCUT2D eigenvalue weighted by Gasteiger charge is -2.10. The molecule has 0 aliphatic carbocycles. The summed E-state index contributed by atoms with van der Waals surface area (Å²) in [5.41, 5.74) is 0.502. The van der Waals surface area contributed by atoms with Crippen molar-refractivity contribution < 1.29 is 9.94 Å². The van der Waals surface area contributed by atoms with E-state index < -0.39 is 5.56 Å². The first-order valence-electron chi connectivity index (χ1n) is 5.82. The Bertz CT molecular complexity index is 853. The predicted octanol–water partition coefficient (Wildman–Crippen LogP) is 2.10. The third-order valence-electron chi connectivity index (χ3n) is 3.20. The topological polar surface area (TPSA) is 64.3 Å². The van der Waals surface area contributed by atoms with Gasteiger partial charge in [-0.05, 0) is 18.4 Å². The van der Waals surface area contributed by atoms with E-state index in [1.807, 2.05) is 12.1 Å². The van der Waals surface area contributed by atoms with Crippen LogP contribution in [0.15, 0.2) is 35.1 Å². The van der Waals surface area contributed by atoms with Gasteiger partial charge in [-0.1, -0.05) is 18.2 Å². The fourth-order valence-corrected chi connectivity index (χ4v) is 2.33. The predicted molar refractivity (Wildman–Crippen MR) is 72.0 cm³/mol. The van der Waals surface area contributed by atoms with E-state index in [1.54, 1.807) is 25.1 Å². The summed E-state index contributed by atoms with van der Waals surface area (Å²) in [5, 5.41) is 12.0. The third kappa shape index (κ3) is 1.55. The Morgan fingerprint density at radius 2 is 1.89 bits per heavy atom. The Balaban J connectivity index is 2.67. The summed E-state index contributed by atoms with van der Waals surface area (Å²) in [5.74, 6) is 0.453. The van der Waals surface area contributed by atoms with E-state index in [4.69, 9.17) is 4.74 Å². The molecule has 3 aromatic rings. The minimum absolute atomic E-state index is 0.407. The first kappa shape index (κ1) is 11.5. The molecule has 19 heavy (non-hydrogen) atoms. The molecule has 1 N–H and O–H groups in total. The lowest BCUT2D eigenvalue weighted by atomic mass is 10.1. The molecule has 3 rings (SSSR count). The Morgan fingerprint density at radius 3 is 2.58 bits per heavy atom. The van der Waals surface area contributed by atoms with Crippen molar-refractivity contribution >= 4 is 21.7 Å². The number of aryl methyl sites for hydroxylation is 1. The number of fused-ring (bicyclic) bond motifs is 3. The molecule has 5 heteroatoms. The number of rotatable bonds is 1. The summed E-state index contributed by atoms with van der Waals surface area (Å²) in [7, 11) is 1.53. The minimum atomic E-state index is -0.446. The van der Waals surface area contributed by atoms with Gasteiger partial charge < -0.3 is 9.94 Å². The largest absolute Gasteiger partial charge is 0.481 e. The molecule has 5 nitrogen and oxygen atoms in total. The zero-order valence-electron chi connectivity index (χ0n) is 10.5. The molecule has 1 aromatic carbocycles. The van der Waals surface area contributed by atoms with E-state index in [2.05, 4.69) is 4.98 Å². The molecule has 0 bridgehead atoms. The van der Waals surface area contributed by atoms with Crippen molar-refractivity contribution in [2.45, 2.75) is 6.92 Å². The highest BCUT2D eigenvalue weighted by atomic mass is 16.5. The van der Waals surface area contributed by atoms with Gasteiger partial charge in [0.2, 0.25) is 5.88 Å². The smallest absolute Gasteiger partial charge is 0.291 e. The number of methoxy groups -OCH3 is 1. The summed E-state index contributed by atoms with van der Waals surface area (Å²) in [6.07, 6.45) is 0. The van der Waals surface area contributed by atoms with Crippen molar-refractivity contribution in [2.75, 3.05) is 7.11 Å². The molecular weight excluding hydrogens is 244 g/mol. The number of benzene rings is 1. The van der Waals surface area contributed by atoms with Crippen LogP contribution in [-0.2, 0) is 0 Å². The van der Waals surface area contributed by atoms with E-state index in [1.165, 1.54) is 7.11 Å². The molecule has 2 aromatic heterocycles. The van der Waals surface area contributed by atoms with Crippen molar-refractivity contribution in [3.05, 3.63) is 46.4 Å². The van der Waals surface area contributed by atoms with Gasteiger partial charge in [0, 0.05) is 11.5 Å². The standard InChI is InChI=1S/C14H12N2O3/c1-8-13-11(7-12(15-8)19-2)9-5-3-4-6-10(9)14(17)16(13)18/h3-7,18H,1-2H3. The van der Waals surface area contributed by atoms with Gasteiger partial charge in [0.1, 0.15) is 5.52 Å². The number of pyridine rings is 2. The van der Waals surface area contributed by atoms with Crippen LogP contribution in [0.2, 0.25) is 0 Å². The molecule has 0 saturated carbocycles. The first-order valence-corrected chi connectivity index (χ1v) is 5.82. The summed E-state index contributed by atoms with van der Waals surface area (Å²) in [6, 6.07) is 8.87. The Hall–Kier alpha value is -2.56. The van der Waals surface area contributed by atoms with Crippen LogP contribution in [0.5, 0.6) is 5.88 Å².